The maximum absolute atomic E-state index is 14.0. The van der Waals surface area contributed by atoms with E-state index in [0.717, 1.165) is 0 Å². The molecular weight excluding hydrogens is 330 g/mol. The van der Waals surface area contributed by atoms with Crippen LogP contribution in [0.2, 0.25) is 10.0 Å². The van der Waals surface area contributed by atoms with Crippen LogP contribution in [-0.4, -0.2) is 21.0 Å². The Bertz CT molecular complexity index is 901. The molecule has 0 amide bonds. The lowest BCUT2D eigenvalue weighted by molar-refractivity contribution is 0.0696. The number of aromatic amines is 1. The van der Waals surface area contributed by atoms with Gasteiger partial charge in [-0.1, -0.05) is 29.3 Å². The number of imidazole rings is 1. The number of H-pyrrole nitrogens is 1. The number of hydrogen-bond donors (Lipinski definition) is 2. The third kappa shape index (κ3) is 2.23. The molecule has 3 aromatic rings. The zero-order chi connectivity index (χ0) is 16.0. The fraction of sp³-hybridized carbons (Fsp3) is 0.0667. The van der Waals surface area contributed by atoms with E-state index >= 15 is 0 Å². The predicted octanol–water partition coefficient (Wildman–Crippen LogP) is 4.68. The lowest BCUT2D eigenvalue weighted by Gasteiger charge is -2.03. The van der Waals surface area contributed by atoms with Crippen molar-refractivity contribution in [2.45, 2.75) is 6.92 Å². The van der Waals surface area contributed by atoms with Crippen LogP contribution in [0.25, 0.3) is 22.4 Å². The number of carbonyl (C=O) groups is 1. The van der Waals surface area contributed by atoms with Crippen LogP contribution < -0.4 is 0 Å². The van der Waals surface area contributed by atoms with Gasteiger partial charge in [0, 0.05) is 0 Å². The van der Waals surface area contributed by atoms with Gasteiger partial charge in [-0.25, -0.2) is 14.2 Å². The molecule has 0 aliphatic heterocycles. The van der Waals surface area contributed by atoms with Gasteiger partial charge in [0.15, 0.2) is 0 Å². The molecule has 2 aromatic carbocycles. The molecule has 0 radical (unpaired) electrons. The van der Waals surface area contributed by atoms with Gasteiger partial charge in [0.05, 0.1) is 26.7 Å². The molecule has 1 aromatic heterocycles. The van der Waals surface area contributed by atoms with Crippen molar-refractivity contribution >= 4 is 40.2 Å². The van der Waals surface area contributed by atoms with Gasteiger partial charge in [0.1, 0.15) is 17.2 Å². The summed E-state index contributed by atoms with van der Waals surface area (Å²) < 4.78 is 14.0. The fourth-order valence-corrected chi connectivity index (χ4v) is 2.77. The summed E-state index contributed by atoms with van der Waals surface area (Å²) >= 11 is 12.2. The summed E-state index contributed by atoms with van der Waals surface area (Å²) in [5.41, 5.74) is 1.36. The normalized spacial score (nSPS) is 11.1. The molecule has 0 saturated heterocycles. The molecule has 112 valence electrons. The fourth-order valence-electron chi connectivity index (χ4n) is 2.27. The maximum Gasteiger partial charge on any atom is 0.336 e. The zero-order valence-corrected chi connectivity index (χ0v) is 12.8. The molecule has 2 N–H and O–H groups in total. The molecule has 7 heteroatoms. The summed E-state index contributed by atoms with van der Waals surface area (Å²) in [6, 6.07) is 5.72. The lowest BCUT2D eigenvalue weighted by atomic mass is 10.1. The molecule has 0 spiro atoms. The van der Waals surface area contributed by atoms with Gasteiger partial charge < -0.3 is 10.1 Å². The number of fused-ring (bicyclic) bond motifs is 1. The van der Waals surface area contributed by atoms with Crippen LogP contribution in [-0.2, 0) is 0 Å². The number of halogens is 3. The van der Waals surface area contributed by atoms with Gasteiger partial charge in [-0.05, 0) is 30.7 Å². The summed E-state index contributed by atoms with van der Waals surface area (Å²) in [6.07, 6.45) is 0. The van der Waals surface area contributed by atoms with Gasteiger partial charge >= 0.3 is 5.97 Å². The quantitative estimate of drug-likeness (QED) is 0.712. The molecule has 0 bridgehead atoms. The number of nitrogens with one attached hydrogen (secondary N) is 1. The molecular formula is C15H9Cl2FN2O2. The van der Waals surface area contributed by atoms with Gasteiger partial charge in [-0.3, -0.25) is 0 Å². The molecule has 0 atom stereocenters. The molecule has 4 nitrogen and oxygen atoms in total. The summed E-state index contributed by atoms with van der Waals surface area (Å²) in [5, 5.41) is 9.60. The third-order valence-electron chi connectivity index (χ3n) is 3.39. The maximum atomic E-state index is 14.0. The summed E-state index contributed by atoms with van der Waals surface area (Å²) in [6.45, 7) is 1.59. The highest BCUT2D eigenvalue weighted by Crippen LogP contribution is 2.34. The SMILES string of the molecule is Cc1c(C(=O)O)cc2[nH]c(-c3c(F)cccc3Cl)nc2c1Cl. The Morgan fingerprint density at radius 3 is 2.73 bits per heavy atom. The molecule has 0 saturated carbocycles. The standard InChI is InChI=1S/C15H9Cl2FN2O2/c1-6-7(15(21)22)5-10-13(12(6)17)20-14(19-10)11-8(16)3-2-4-9(11)18/h2-5H,1H3,(H,19,20)(H,21,22). The van der Waals surface area contributed by atoms with Crippen molar-refractivity contribution in [1.29, 1.82) is 0 Å². The monoisotopic (exact) mass is 338 g/mol. The number of nitrogens with zero attached hydrogens (tertiary/aromatic N) is 1. The summed E-state index contributed by atoms with van der Waals surface area (Å²) in [5.74, 6) is -1.43. The smallest absolute Gasteiger partial charge is 0.336 e. The van der Waals surface area contributed by atoms with Gasteiger partial charge in [-0.15, -0.1) is 0 Å². The molecule has 3 rings (SSSR count). The van der Waals surface area contributed by atoms with E-state index in [1.165, 1.54) is 18.2 Å². The van der Waals surface area contributed by atoms with Crippen LogP contribution in [0.4, 0.5) is 4.39 Å². The number of rotatable bonds is 2. The van der Waals surface area contributed by atoms with Gasteiger partial charge in [-0.2, -0.15) is 0 Å². The van der Waals surface area contributed by atoms with E-state index in [1.807, 2.05) is 0 Å². The Hall–Kier alpha value is -2.11. The van der Waals surface area contributed by atoms with Gasteiger partial charge in [0.2, 0.25) is 0 Å². The lowest BCUT2D eigenvalue weighted by Crippen LogP contribution is -2.00. The third-order valence-corrected chi connectivity index (χ3v) is 4.17. The second-order valence-corrected chi connectivity index (χ2v) is 5.53. The van der Waals surface area contributed by atoms with Crippen molar-refractivity contribution in [3.8, 4) is 11.4 Å². The number of hydrogen-bond acceptors (Lipinski definition) is 2. The number of carboxylic acid groups (broad SMARTS) is 1. The second kappa shape index (κ2) is 5.26. The van der Waals surface area contributed by atoms with Crippen LogP contribution in [0.3, 0.4) is 0 Å². The Morgan fingerprint density at radius 1 is 1.36 bits per heavy atom. The number of benzene rings is 2. The van der Waals surface area contributed by atoms with E-state index in [1.54, 1.807) is 13.0 Å². The van der Waals surface area contributed by atoms with Crippen LogP contribution in [0.15, 0.2) is 24.3 Å². The first-order chi connectivity index (χ1) is 10.4. The van der Waals surface area contributed by atoms with E-state index < -0.39 is 11.8 Å². The average Bonchev–Trinajstić information content (AvgIpc) is 2.86. The second-order valence-electron chi connectivity index (χ2n) is 4.75. The molecule has 22 heavy (non-hydrogen) atoms. The molecule has 0 aliphatic rings. The molecule has 1 heterocycles. The van der Waals surface area contributed by atoms with Crippen molar-refractivity contribution in [2.75, 3.05) is 0 Å². The van der Waals surface area contributed by atoms with Gasteiger partial charge in [0.25, 0.3) is 0 Å². The highest BCUT2D eigenvalue weighted by Gasteiger charge is 2.19. The Balaban J connectivity index is 2.31. The van der Waals surface area contributed by atoms with Crippen molar-refractivity contribution in [3.05, 3.63) is 51.3 Å². The van der Waals surface area contributed by atoms with Crippen LogP contribution in [0, 0.1) is 12.7 Å². The van der Waals surface area contributed by atoms with Crippen molar-refractivity contribution < 1.29 is 14.3 Å². The Kier molecular flexibility index (Phi) is 3.54. The van der Waals surface area contributed by atoms with Crippen LogP contribution in [0.1, 0.15) is 15.9 Å². The largest absolute Gasteiger partial charge is 0.478 e. The zero-order valence-electron chi connectivity index (χ0n) is 11.2. The Morgan fingerprint density at radius 2 is 2.09 bits per heavy atom. The predicted molar refractivity (Wildman–Crippen MR) is 83.2 cm³/mol. The topological polar surface area (TPSA) is 66.0 Å². The van der Waals surface area contributed by atoms with E-state index in [9.17, 15) is 14.3 Å². The number of aromatic nitrogens is 2. The first kappa shape index (κ1) is 14.8. The molecule has 0 aliphatic carbocycles. The summed E-state index contributed by atoms with van der Waals surface area (Å²) in [7, 11) is 0. The average molecular weight is 339 g/mol. The first-order valence-corrected chi connectivity index (χ1v) is 7.02. The number of aromatic carboxylic acids is 1. The van der Waals surface area contributed by atoms with E-state index in [0.29, 0.717) is 16.6 Å². The van der Waals surface area contributed by atoms with Crippen molar-refractivity contribution in [3.63, 3.8) is 0 Å². The highest BCUT2D eigenvalue weighted by atomic mass is 35.5. The van der Waals surface area contributed by atoms with E-state index in [-0.39, 0.29) is 27.0 Å². The minimum Gasteiger partial charge on any atom is -0.478 e. The summed E-state index contributed by atoms with van der Waals surface area (Å²) in [4.78, 5) is 18.4. The Labute approximate surface area is 134 Å². The first-order valence-electron chi connectivity index (χ1n) is 6.26. The molecule has 0 fully saturated rings. The van der Waals surface area contributed by atoms with Crippen molar-refractivity contribution in [1.82, 2.24) is 9.97 Å². The van der Waals surface area contributed by atoms with Crippen molar-refractivity contribution in [2.24, 2.45) is 0 Å². The minimum absolute atomic E-state index is 0.0623. The minimum atomic E-state index is -1.10. The number of carboxylic acids is 1. The van der Waals surface area contributed by atoms with Crippen LogP contribution in [0.5, 0.6) is 0 Å². The highest BCUT2D eigenvalue weighted by molar-refractivity contribution is 6.36. The van der Waals surface area contributed by atoms with E-state index in [4.69, 9.17) is 23.2 Å². The van der Waals surface area contributed by atoms with E-state index in [2.05, 4.69) is 9.97 Å². The van der Waals surface area contributed by atoms with Crippen LogP contribution >= 0.6 is 23.2 Å². The molecule has 0 unspecified atom stereocenters.